The third-order valence-electron chi connectivity index (χ3n) is 7.30. The molecular weight excluding hydrogens is 512 g/mol. The Labute approximate surface area is 233 Å². The Morgan fingerprint density at radius 3 is 2.20 bits per heavy atom. The van der Waals surface area contributed by atoms with Crippen LogP contribution in [0.4, 0.5) is 0 Å². The smallest absolute Gasteiger partial charge is 0.332 e. The molecule has 0 bridgehead atoms. The van der Waals surface area contributed by atoms with Crippen LogP contribution in [0, 0.1) is 5.92 Å². The van der Waals surface area contributed by atoms with Gasteiger partial charge in [0.1, 0.15) is 6.54 Å². The number of carbonyl (C=O) groups is 2. The number of piperidine rings is 1. The van der Waals surface area contributed by atoms with E-state index in [4.69, 9.17) is 9.47 Å². The molecule has 2 aromatic carbocycles. The number of fused-ring (bicyclic) bond motifs is 1. The average molecular weight is 551 g/mol. The molecule has 0 atom stereocenters. The molecule has 0 radical (unpaired) electrons. The summed E-state index contributed by atoms with van der Waals surface area (Å²) in [5.41, 5.74) is 0.387. The van der Waals surface area contributed by atoms with Gasteiger partial charge < -0.3 is 19.7 Å². The van der Waals surface area contributed by atoms with Gasteiger partial charge >= 0.3 is 5.69 Å². The summed E-state index contributed by atoms with van der Waals surface area (Å²) in [6.07, 6.45) is 3.82. The fourth-order valence-electron chi connectivity index (χ4n) is 4.94. The summed E-state index contributed by atoms with van der Waals surface area (Å²) in [7, 11) is 2.94. The summed E-state index contributed by atoms with van der Waals surface area (Å²) < 4.78 is 13.3. The molecule has 1 aliphatic heterocycles. The van der Waals surface area contributed by atoms with E-state index in [1.807, 2.05) is 0 Å². The van der Waals surface area contributed by atoms with Crippen molar-refractivity contribution in [2.45, 2.75) is 52.6 Å². The first-order chi connectivity index (χ1) is 19.2. The molecule has 10 nitrogen and oxygen atoms in total. The monoisotopic (exact) mass is 550 g/mol. The number of nitrogens with one attached hydrogen (secondary N) is 1. The predicted molar refractivity (Wildman–Crippen MR) is 153 cm³/mol. The van der Waals surface area contributed by atoms with Crippen molar-refractivity contribution in [3.8, 4) is 11.5 Å². The fraction of sp³-hybridized carbons (Fsp3) is 0.467. The average Bonchev–Trinajstić information content (AvgIpc) is 2.97. The standard InChI is InChI=1S/C30H38N4O6/c1-20(2)12-13-31-28(36)22-10-8-21(9-11-22)18-34-29(37)23-16-25(39-3)26(40-4)17-24(23)33(30(34)38)19-27(35)32-14-6-5-7-15-32/h8-11,16-17,20H,5-7,12-15,18-19H2,1-4H3,(H,31,36). The lowest BCUT2D eigenvalue weighted by Crippen LogP contribution is -2.44. The molecule has 40 heavy (non-hydrogen) atoms. The minimum absolute atomic E-state index is 0.0187. The van der Waals surface area contributed by atoms with Crippen LogP contribution in [0.2, 0.25) is 0 Å². The predicted octanol–water partition coefficient (Wildman–Crippen LogP) is 3.02. The topological polar surface area (TPSA) is 112 Å². The highest BCUT2D eigenvalue weighted by atomic mass is 16.5. The first-order valence-corrected chi connectivity index (χ1v) is 13.8. The fourth-order valence-corrected chi connectivity index (χ4v) is 4.94. The summed E-state index contributed by atoms with van der Waals surface area (Å²) >= 11 is 0. The quantitative estimate of drug-likeness (QED) is 0.415. The van der Waals surface area contributed by atoms with E-state index in [1.165, 1.54) is 18.8 Å². The van der Waals surface area contributed by atoms with E-state index in [1.54, 1.807) is 41.3 Å². The number of carbonyl (C=O) groups excluding carboxylic acids is 2. The van der Waals surface area contributed by atoms with E-state index < -0.39 is 11.2 Å². The number of likely N-dealkylation sites (tertiary alicyclic amines) is 1. The van der Waals surface area contributed by atoms with E-state index in [9.17, 15) is 19.2 Å². The molecule has 0 spiro atoms. The van der Waals surface area contributed by atoms with Crippen molar-refractivity contribution in [3.63, 3.8) is 0 Å². The number of hydrogen-bond donors (Lipinski definition) is 1. The molecule has 3 aromatic rings. The minimum Gasteiger partial charge on any atom is -0.493 e. The van der Waals surface area contributed by atoms with Crippen LogP contribution in [0.5, 0.6) is 11.5 Å². The molecule has 214 valence electrons. The molecule has 1 aliphatic rings. The van der Waals surface area contributed by atoms with Gasteiger partial charge in [0.05, 0.1) is 31.7 Å². The lowest BCUT2D eigenvalue weighted by molar-refractivity contribution is -0.132. The Balaban J connectivity index is 1.71. The lowest BCUT2D eigenvalue weighted by Gasteiger charge is -2.27. The van der Waals surface area contributed by atoms with Crippen molar-refractivity contribution in [2.75, 3.05) is 33.9 Å². The Bertz CT molecular complexity index is 1480. The molecule has 4 rings (SSSR count). The zero-order valence-corrected chi connectivity index (χ0v) is 23.7. The number of benzene rings is 2. The normalized spacial score (nSPS) is 13.5. The second-order valence-corrected chi connectivity index (χ2v) is 10.6. The van der Waals surface area contributed by atoms with Gasteiger partial charge in [0.15, 0.2) is 11.5 Å². The maximum absolute atomic E-state index is 13.7. The van der Waals surface area contributed by atoms with Gasteiger partial charge in [-0.15, -0.1) is 0 Å². The maximum Gasteiger partial charge on any atom is 0.332 e. The molecule has 1 N–H and O–H groups in total. The molecule has 0 saturated carbocycles. The van der Waals surface area contributed by atoms with Gasteiger partial charge in [-0.2, -0.15) is 0 Å². The van der Waals surface area contributed by atoms with Crippen LogP contribution < -0.4 is 26.0 Å². The Morgan fingerprint density at radius 2 is 1.57 bits per heavy atom. The number of rotatable bonds is 10. The van der Waals surface area contributed by atoms with Crippen LogP contribution in [0.25, 0.3) is 10.9 Å². The zero-order chi connectivity index (χ0) is 28.8. The van der Waals surface area contributed by atoms with E-state index in [-0.39, 0.29) is 30.3 Å². The summed E-state index contributed by atoms with van der Waals surface area (Å²) in [4.78, 5) is 54.8. The Morgan fingerprint density at radius 1 is 0.925 bits per heavy atom. The molecule has 0 aliphatic carbocycles. The van der Waals surface area contributed by atoms with Gasteiger partial charge in [0.25, 0.3) is 11.5 Å². The van der Waals surface area contributed by atoms with Crippen LogP contribution in [-0.4, -0.2) is 59.7 Å². The number of amides is 2. The highest BCUT2D eigenvalue weighted by Gasteiger charge is 2.22. The highest BCUT2D eigenvalue weighted by molar-refractivity contribution is 5.94. The molecule has 0 unspecified atom stereocenters. The summed E-state index contributed by atoms with van der Waals surface area (Å²) in [6.45, 7) is 5.88. The lowest BCUT2D eigenvalue weighted by atomic mass is 10.1. The first-order valence-electron chi connectivity index (χ1n) is 13.8. The van der Waals surface area contributed by atoms with Gasteiger partial charge in [-0.1, -0.05) is 26.0 Å². The minimum atomic E-state index is -0.592. The van der Waals surface area contributed by atoms with Gasteiger partial charge in [-0.3, -0.25) is 23.5 Å². The van der Waals surface area contributed by atoms with Crippen LogP contribution >= 0.6 is 0 Å². The molecule has 1 aromatic heterocycles. The van der Waals surface area contributed by atoms with Crippen LogP contribution in [0.3, 0.4) is 0 Å². The zero-order valence-electron chi connectivity index (χ0n) is 23.7. The second kappa shape index (κ2) is 12.8. The number of aromatic nitrogens is 2. The van der Waals surface area contributed by atoms with E-state index in [0.717, 1.165) is 30.3 Å². The van der Waals surface area contributed by atoms with Crippen molar-refractivity contribution in [2.24, 2.45) is 5.92 Å². The van der Waals surface area contributed by atoms with Crippen molar-refractivity contribution < 1.29 is 19.1 Å². The van der Waals surface area contributed by atoms with E-state index in [0.29, 0.717) is 53.7 Å². The van der Waals surface area contributed by atoms with Crippen molar-refractivity contribution >= 4 is 22.7 Å². The Hall–Kier alpha value is -4.08. The maximum atomic E-state index is 13.7. The second-order valence-electron chi connectivity index (χ2n) is 10.6. The molecule has 1 saturated heterocycles. The molecule has 10 heteroatoms. The number of methoxy groups -OCH3 is 2. The van der Waals surface area contributed by atoms with E-state index >= 15 is 0 Å². The summed E-state index contributed by atoms with van der Waals surface area (Å²) in [5, 5.41) is 3.15. The van der Waals surface area contributed by atoms with Crippen LogP contribution in [0.15, 0.2) is 46.0 Å². The number of nitrogens with zero attached hydrogens (tertiary/aromatic N) is 3. The SMILES string of the molecule is COc1cc2c(=O)n(Cc3ccc(C(=O)NCCC(C)C)cc3)c(=O)n(CC(=O)N3CCCCC3)c2cc1OC. The van der Waals surface area contributed by atoms with Crippen molar-refractivity contribution in [1.82, 2.24) is 19.4 Å². The molecule has 2 heterocycles. The number of hydrogen-bond acceptors (Lipinski definition) is 6. The van der Waals surface area contributed by atoms with Gasteiger partial charge in [-0.25, -0.2) is 4.79 Å². The van der Waals surface area contributed by atoms with Gasteiger partial charge in [-0.05, 0) is 55.4 Å². The Kier molecular flexibility index (Phi) is 9.29. The molecule has 2 amide bonds. The van der Waals surface area contributed by atoms with Crippen LogP contribution in [0.1, 0.15) is 55.5 Å². The first kappa shape index (κ1) is 28.9. The number of ether oxygens (including phenoxy) is 2. The van der Waals surface area contributed by atoms with Crippen molar-refractivity contribution in [3.05, 3.63) is 68.4 Å². The van der Waals surface area contributed by atoms with Crippen molar-refractivity contribution in [1.29, 1.82) is 0 Å². The highest BCUT2D eigenvalue weighted by Crippen LogP contribution is 2.30. The van der Waals surface area contributed by atoms with Gasteiger partial charge in [0, 0.05) is 31.3 Å². The largest absolute Gasteiger partial charge is 0.493 e. The van der Waals surface area contributed by atoms with Crippen LogP contribution in [-0.2, 0) is 17.9 Å². The summed E-state index contributed by atoms with van der Waals surface area (Å²) in [5.74, 6) is 0.848. The molecule has 1 fully saturated rings. The van der Waals surface area contributed by atoms with Gasteiger partial charge in [0.2, 0.25) is 5.91 Å². The third kappa shape index (κ3) is 6.38. The van der Waals surface area contributed by atoms with E-state index in [2.05, 4.69) is 19.2 Å². The summed E-state index contributed by atoms with van der Waals surface area (Å²) in [6, 6.07) is 9.92. The third-order valence-corrected chi connectivity index (χ3v) is 7.30. The molecular formula is C30H38N4O6.